The molecule has 0 bridgehead atoms. The Bertz CT molecular complexity index is 439. The van der Waals surface area contributed by atoms with Gasteiger partial charge in [-0.25, -0.2) is 13.1 Å². The number of aryl methyl sites for hydroxylation is 1. The molecule has 6 heteroatoms. The van der Waals surface area contributed by atoms with Crippen molar-refractivity contribution in [1.29, 1.82) is 0 Å². The average molecular weight is 246 g/mol. The Morgan fingerprint density at radius 2 is 2.06 bits per heavy atom. The van der Waals surface area contributed by atoms with Gasteiger partial charge < -0.3 is 10.2 Å². The minimum atomic E-state index is -3.38. The summed E-state index contributed by atoms with van der Waals surface area (Å²) >= 11 is 0. The molecule has 0 aliphatic rings. The van der Waals surface area contributed by atoms with Gasteiger partial charge in [-0.05, 0) is 32.9 Å². The summed E-state index contributed by atoms with van der Waals surface area (Å²) in [7, 11) is -3.38. The van der Waals surface area contributed by atoms with Crippen molar-refractivity contribution in [3.8, 4) is 0 Å². The molecule has 0 aliphatic heterocycles. The molecule has 92 valence electrons. The second-order valence-corrected chi connectivity index (χ2v) is 6.01. The van der Waals surface area contributed by atoms with Gasteiger partial charge in [0.15, 0.2) is 0 Å². The predicted molar refractivity (Wildman–Crippen MR) is 62.4 cm³/mol. The van der Waals surface area contributed by atoms with Gasteiger partial charge in [-0.1, -0.05) is 0 Å². The van der Waals surface area contributed by atoms with Crippen LogP contribution in [0.5, 0.6) is 0 Å². The van der Waals surface area contributed by atoms with Crippen molar-refractivity contribution in [2.24, 2.45) is 5.73 Å². The molecule has 5 nitrogen and oxygen atoms in total. The lowest BCUT2D eigenvalue weighted by molar-refractivity contribution is 0.440. The van der Waals surface area contributed by atoms with Crippen LogP contribution in [0.3, 0.4) is 0 Å². The molecule has 0 fully saturated rings. The zero-order valence-electron chi connectivity index (χ0n) is 9.73. The first-order chi connectivity index (χ1) is 7.36. The quantitative estimate of drug-likeness (QED) is 0.808. The van der Waals surface area contributed by atoms with E-state index < -0.39 is 15.3 Å². The lowest BCUT2D eigenvalue weighted by Gasteiger charge is -2.15. The van der Waals surface area contributed by atoms with Crippen LogP contribution < -0.4 is 10.5 Å². The minimum absolute atomic E-state index is 0.0965. The van der Waals surface area contributed by atoms with E-state index in [1.807, 2.05) is 6.92 Å². The Morgan fingerprint density at radius 1 is 1.44 bits per heavy atom. The number of nitrogens with two attached hydrogens (primary N) is 1. The molecule has 3 N–H and O–H groups in total. The van der Waals surface area contributed by atoms with E-state index in [1.54, 1.807) is 26.0 Å². The SMILES string of the molecule is Cc1ccc(C(C)NS(=O)(=O)C(C)CN)o1. The summed E-state index contributed by atoms with van der Waals surface area (Å²) in [5.41, 5.74) is 5.33. The van der Waals surface area contributed by atoms with E-state index in [2.05, 4.69) is 4.72 Å². The standard InChI is InChI=1S/C10H18N2O3S/c1-7-4-5-10(15-7)9(3)12-16(13,14)8(2)6-11/h4-5,8-9,12H,6,11H2,1-3H3. The topological polar surface area (TPSA) is 85.3 Å². The number of hydrogen-bond donors (Lipinski definition) is 2. The molecule has 2 atom stereocenters. The van der Waals surface area contributed by atoms with E-state index in [9.17, 15) is 8.42 Å². The Morgan fingerprint density at radius 3 is 2.50 bits per heavy atom. The Hall–Kier alpha value is -0.850. The molecule has 0 amide bonds. The molecule has 1 rings (SSSR count). The highest BCUT2D eigenvalue weighted by molar-refractivity contribution is 7.90. The minimum Gasteiger partial charge on any atom is -0.465 e. The van der Waals surface area contributed by atoms with Crippen LogP contribution in [0.15, 0.2) is 16.5 Å². The molecule has 1 aromatic heterocycles. The van der Waals surface area contributed by atoms with Crippen LogP contribution in [0.2, 0.25) is 0 Å². The molecule has 1 aromatic rings. The van der Waals surface area contributed by atoms with Gasteiger partial charge in [-0.2, -0.15) is 0 Å². The first-order valence-corrected chi connectivity index (χ1v) is 6.69. The maximum Gasteiger partial charge on any atom is 0.216 e. The highest BCUT2D eigenvalue weighted by Crippen LogP contribution is 2.17. The highest BCUT2D eigenvalue weighted by atomic mass is 32.2. The highest BCUT2D eigenvalue weighted by Gasteiger charge is 2.23. The molecule has 0 radical (unpaired) electrons. The summed E-state index contributed by atoms with van der Waals surface area (Å²) in [4.78, 5) is 0. The molecular formula is C10H18N2O3S. The van der Waals surface area contributed by atoms with Crippen LogP contribution >= 0.6 is 0 Å². The number of rotatable bonds is 5. The molecular weight excluding hydrogens is 228 g/mol. The average Bonchev–Trinajstić information content (AvgIpc) is 2.63. The summed E-state index contributed by atoms with van der Waals surface area (Å²) in [5.74, 6) is 1.36. The molecule has 16 heavy (non-hydrogen) atoms. The third-order valence-electron chi connectivity index (χ3n) is 2.39. The summed E-state index contributed by atoms with van der Waals surface area (Å²) in [6.45, 7) is 5.22. The lowest BCUT2D eigenvalue weighted by atomic mass is 10.3. The molecule has 0 spiro atoms. The fourth-order valence-corrected chi connectivity index (χ4v) is 2.33. The third-order valence-corrected chi connectivity index (χ3v) is 4.32. The zero-order chi connectivity index (χ0) is 12.3. The lowest BCUT2D eigenvalue weighted by Crippen LogP contribution is -2.38. The Balaban J connectivity index is 2.75. The molecule has 0 saturated heterocycles. The van der Waals surface area contributed by atoms with Crippen LogP contribution in [-0.2, 0) is 10.0 Å². The van der Waals surface area contributed by atoms with Crippen LogP contribution in [-0.4, -0.2) is 20.2 Å². The molecule has 1 heterocycles. The van der Waals surface area contributed by atoms with Crippen LogP contribution in [0.4, 0.5) is 0 Å². The van der Waals surface area contributed by atoms with Gasteiger partial charge in [0.2, 0.25) is 10.0 Å². The Kier molecular flexibility index (Phi) is 4.12. The largest absolute Gasteiger partial charge is 0.465 e. The van der Waals surface area contributed by atoms with Crippen molar-refractivity contribution in [1.82, 2.24) is 4.72 Å². The van der Waals surface area contributed by atoms with Crippen LogP contribution in [0.25, 0.3) is 0 Å². The van der Waals surface area contributed by atoms with Crippen molar-refractivity contribution in [2.75, 3.05) is 6.54 Å². The van der Waals surface area contributed by atoms with Crippen molar-refractivity contribution in [3.63, 3.8) is 0 Å². The van der Waals surface area contributed by atoms with Crippen molar-refractivity contribution < 1.29 is 12.8 Å². The first-order valence-electron chi connectivity index (χ1n) is 5.14. The van der Waals surface area contributed by atoms with Crippen molar-refractivity contribution >= 4 is 10.0 Å². The van der Waals surface area contributed by atoms with E-state index >= 15 is 0 Å². The van der Waals surface area contributed by atoms with E-state index in [0.29, 0.717) is 5.76 Å². The van der Waals surface area contributed by atoms with Crippen molar-refractivity contribution in [3.05, 3.63) is 23.7 Å². The predicted octanol–water partition coefficient (Wildman–Crippen LogP) is 0.916. The van der Waals surface area contributed by atoms with Crippen molar-refractivity contribution in [2.45, 2.75) is 32.1 Å². The number of hydrogen-bond acceptors (Lipinski definition) is 4. The van der Waals surface area contributed by atoms with E-state index in [0.717, 1.165) is 5.76 Å². The molecule has 2 unspecified atom stereocenters. The molecule has 0 aromatic carbocycles. The Labute approximate surface area is 96.1 Å². The zero-order valence-corrected chi connectivity index (χ0v) is 10.5. The van der Waals surface area contributed by atoms with Gasteiger partial charge in [-0.3, -0.25) is 0 Å². The molecule has 0 aliphatic carbocycles. The fraction of sp³-hybridized carbons (Fsp3) is 0.600. The van der Waals surface area contributed by atoms with E-state index in [-0.39, 0.29) is 12.6 Å². The summed E-state index contributed by atoms with van der Waals surface area (Å²) in [5, 5.41) is -0.606. The summed E-state index contributed by atoms with van der Waals surface area (Å²) in [6, 6.07) is 3.18. The smallest absolute Gasteiger partial charge is 0.216 e. The van der Waals surface area contributed by atoms with Gasteiger partial charge in [0, 0.05) is 6.54 Å². The van der Waals surface area contributed by atoms with Gasteiger partial charge >= 0.3 is 0 Å². The van der Waals surface area contributed by atoms with Gasteiger partial charge in [0.1, 0.15) is 11.5 Å². The van der Waals surface area contributed by atoms with Crippen LogP contribution in [0, 0.1) is 6.92 Å². The summed E-state index contributed by atoms with van der Waals surface area (Å²) < 4.78 is 31.3. The first kappa shape index (κ1) is 13.2. The van der Waals surface area contributed by atoms with E-state index in [4.69, 9.17) is 10.2 Å². The second-order valence-electron chi connectivity index (χ2n) is 3.88. The maximum atomic E-state index is 11.7. The van der Waals surface area contributed by atoms with Crippen LogP contribution in [0.1, 0.15) is 31.4 Å². The van der Waals surface area contributed by atoms with Gasteiger partial charge in [0.05, 0.1) is 11.3 Å². The van der Waals surface area contributed by atoms with E-state index in [1.165, 1.54) is 0 Å². The third kappa shape index (κ3) is 3.07. The summed E-state index contributed by atoms with van der Waals surface area (Å²) in [6.07, 6.45) is 0. The monoisotopic (exact) mass is 246 g/mol. The van der Waals surface area contributed by atoms with Gasteiger partial charge in [-0.15, -0.1) is 0 Å². The fourth-order valence-electron chi connectivity index (χ4n) is 1.23. The second kappa shape index (κ2) is 4.99. The number of furan rings is 1. The number of sulfonamides is 1. The normalized spacial score (nSPS) is 16.0. The number of nitrogens with one attached hydrogen (secondary N) is 1. The maximum absolute atomic E-state index is 11.7. The molecule has 0 saturated carbocycles. The van der Waals surface area contributed by atoms with Gasteiger partial charge in [0.25, 0.3) is 0 Å².